The van der Waals surface area contributed by atoms with Crippen LogP contribution in [0.25, 0.3) is 0 Å². The van der Waals surface area contributed by atoms with Crippen molar-refractivity contribution >= 4 is 5.91 Å². The number of aromatic nitrogens is 4. The van der Waals surface area contributed by atoms with Gasteiger partial charge < -0.3 is 5.32 Å². The van der Waals surface area contributed by atoms with E-state index < -0.39 is 0 Å². The molecule has 0 saturated carbocycles. The van der Waals surface area contributed by atoms with Gasteiger partial charge in [0.05, 0.1) is 6.04 Å². The van der Waals surface area contributed by atoms with E-state index in [2.05, 4.69) is 25.9 Å². The van der Waals surface area contributed by atoms with E-state index in [0.29, 0.717) is 11.4 Å². The van der Waals surface area contributed by atoms with E-state index >= 15 is 0 Å². The van der Waals surface area contributed by atoms with Gasteiger partial charge in [-0.15, -0.1) is 10.2 Å². The zero-order valence-corrected chi connectivity index (χ0v) is 8.71. The molecule has 16 heavy (non-hydrogen) atoms. The number of nitrogens with one attached hydrogen (secondary N) is 2. The molecule has 2 N–H and O–H groups in total. The maximum absolute atomic E-state index is 11.8. The lowest BCUT2D eigenvalue weighted by Gasteiger charge is -2.09. The van der Waals surface area contributed by atoms with Crippen molar-refractivity contribution in [1.82, 2.24) is 25.9 Å². The van der Waals surface area contributed by atoms with Gasteiger partial charge in [-0.1, -0.05) is 23.4 Å². The Balaban J connectivity index is 2.03. The summed E-state index contributed by atoms with van der Waals surface area (Å²) in [6, 6.07) is 8.71. The third kappa shape index (κ3) is 2.22. The SMILES string of the molecule is CC(NC(=O)c1ccccc1)c1nn[nH]n1. The summed E-state index contributed by atoms with van der Waals surface area (Å²) in [5.41, 5.74) is 0.609. The molecule has 0 aliphatic rings. The van der Waals surface area contributed by atoms with Crippen LogP contribution in [0.5, 0.6) is 0 Å². The molecule has 0 spiro atoms. The van der Waals surface area contributed by atoms with Crippen molar-refractivity contribution in [2.45, 2.75) is 13.0 Å². The third-order valence-electron chi connectivity index (χ3n) is 2.13. The zero-order valence-electron chi connectivity index (χ0n) is 8.71. The third-order valence-corrected chi connectivity index (χ3v) is 2.13. The highest BCUT2D eigenvalue weighted by Crippen LogP contribution is 2.06. The average molecular weight is 217 g/mol. The Morgan fingerprint density at radius 2 is 2.12 bits per heavy atom. The van der Waals surface area contributed by atoms with Crippen molar-refractivity contribution < 1.29 is 4.79 Å². The van der Waals surface area contributed by atoms with Crippen molar-refractivity contribution in [2.75, 3.05) is 0 Å². The molecule has 1 heterocycles. The maximum atomic E-state index is 11.8. The van der Waals surface area contributed by atoms with Gasteiger partial charge in [0.25, 0.3) is 5.91 Å². The fraction of sp³-hybridized carbons (Fsp3) is 0.200. The van der Waals surface area contributed by atoms with Gasteiger partial charge in [-0.25, -0.2) is 0 Å². The van der Waals surface area contributed by atoms with Crippen LogP contribution in [-0.2, 0) is 0 Å². The summed E-state index contributed by atoms with van der Waals surface area (Å²) in [6.45, 7) is 1.80. The van der Waals surface area contributed by atoms with Crippen LogP contribution in [0.3, 0.4) is 0 Å². The lowest BCUT2D eigenvalue weighted by molar-refractivity contribution is 0.0938. The molecule has 0 radical (unpaired) electrons. The van der Waals surface area contributed by atoms with Crippen LogP contribution >= 0.6 is 0 Å². The highest BCUT2D eigenvalue weighted by atomic mass is 16.1. The number of aromatic amines is 1. The van der Waals surface area contributed by atoms with Crippen molar-refractivity contribution in [1.29, 1.82) is 0 Å². The van der Waals surface area contributed by atoms with Crippen molar-refractivity contribution in [3.63, 3.8) is 0 Å². The van der Waals surface area contributed by atoms with Gasteiger partial charge in [0.2, 0.25) is 0 Å². The summed E-state index contributed by atoms with van der Waals surface area (Å²) >= 11 is 0. The first kappa shape index (κ1) is 10.3. The Labute approximate surface area is 92.1 Å². The Hall–Kier alpha value is -2.24. The summed E-state index contributed by atoms with van der Waals surface area (Å²) in [7, 11) is 0. The van der Waals surface area contributed by atoms with Gasteiger partial charge in [0.1, 0.15) is 0 Å². The minimum Gasteiger partial charge on any atom is -0.342 e. The number of amides is 1. The molecular formula is C10H11N5O. The van der Waals surface area contributed by atoms with Crippen LogP contribution in [0.4, 0.5) is 0 Å². The summed E-state index contributed by atoms with van der Waals surface area (Å²) in [6.07, 6.45) is 0. The van der Waals surface area contributed by atoms with E-state index in [9.17, 15) is 4.79 Å². The van der Waals surface area contributed by atoms with Crippen molar-refractivity contribution in [2.24, 2.45) is 0 Å². The number of hydrogen-bond donors (Lipinski definition) is 2. The van der Waals surface area contributed by atoms with Crippen LogP contribution in [0, 0.1) is 0 Å². The summed E-state index contributed by atoms with van der Waals surface area (Å²) < 4.78 is 0. The van der Waals surface area contributed by atoms with E-state index in [-0.39, 0.29) is 11.9 Å². The molecule has 2 aromatic rings. The number of tetrazole rings is 1. The summed E-state index contributed by atoms with van der Waals surface area (Å²) in [5, 5.41) is 16.2. The van der Waals surface area contributed by atoms with Gasteiger partial charge in [-0.05, 0) is 19.1 Å². The quantitative estimate of drug-likeness (QED) is 0.792. The minimum atomic E-state index is -0.272. The van der Waals surface area contributed by atoms with Gasteiger partial charge in [-0.3, -0.25) is 4.79 Å². The molecule has 1 amide bonds. The van der Waals surface area contributed by atoms with Crippen LogP contribution in [0.2, 0.25) is 0 Å². The Morgan fingerprint density at radius 1 is 1.38 bits per heavy atom. The second-order valence-electron chi connectivity index (χ2n) is 3.33. The molecule has 1 unspecified atom stereocenters. The summed E-state index contributed by atoms with van der Waals surface area (Å²) in [4.78, 5) is 11.8. The van der Waals surface area contributed by atoms with Gasteiger partial charge >= 0.3 is 0 Å². The molecule has 6 heteroatoms. The highest BCUT2D eigenvalue weighted by molar-refractivity contribution is 5.94. The van der Waals surface area contributed by atoms with Crippen molar-refractivity contribution in [3.05, 3.63) is 41.7 Å². The van der Waals surface area contributed by atoms with Gasteiger partial charge in [0, 0.05) is 5.56 Å². The smallest absolute Gasteiger partial charge is 0.251 e. The number of hydrogen-bond acceptors (Lipinski definition) is 4. The van der Waals surface area contributed by atoms with E-state index in [0.717, 1.165) is 0 Å². The first-order chi connectivity index (χ1) is 7.77. The molecule has 1 atom stereocenters. The first-order valence-corrected chi connectivity index (χ1v) is 4.86. The number of carbonyl (C=O) groups excluding carboxylic acids is 1. The fourth-order valence-electron chi connectivity index (χ4n) is 1.29. The zero-order chi connectivity index (χ0) is 11.4. The van der Waals surface area contributed by atoms with Crippen LogP contribution in [0.15, 0.2) is 30.3 Å². The number of carbonyl (C=O) groups is 1. The molecule has 6 nitrogen and oxygen atoms in total. The lowest BCUT2D eigenvalue weighted by atomic mass is 10.2. The Bertz CT molecular complexity index is 453. The highest BCUT2D eigenvalue weighted by Gasteiger charge is 2.13. The van der Waals surface area contributed by atoms with Crippen LogP contribution < -0.4 is 5.32 Å². The maximum Gasteiger partial charge on any atom is 0.251 e. The molecule has 1 aromatic heterocycles. The predicted molar refractivity (Wildman–Crippen MR) is 56.5 cm³/mol. The number of rotatable bonds is 3. The standard InChI is InChI=1S/C10H11N5O/c1-7(9-12-14-15-13-9)11-10(16)8-5-3-2-4-6-8/h2-7H,1H3,(H,11,16)(H,12,13,14,15). The predicted octanol–water partition coefficient (Wildman–Crippen LogP) is 0.691. The Morgan fingerprint density at radius 3 is 2.75 bits per heavy atom. The molecule has 2 rings (SSSR count). The molecule has 0 saturated heterocycles. The molecule has 0 aliphatic carbocycles. The molecule has 0 bridgehead atoms. The summed E-state index contributed by atoms with van der Waals surface area (Å²) in [5.74, 6) is 0.308. The first-order valence-electron chi connectivity index (χ1n) is 4.86. The van der Waals surface area contributed by atoms with Crippen LogP contribution in [-0.4, -0.2) is 26.5 Å². The number of benzene rings is 1. The number of H-pyrrole nitrogens is 1. The lowest BCUT2D eigenvalue weighted by Crippen LogP contribution is -2.27. The monoisotopic (exact) mass is 217 g/mol. The van der Waals surface area contributed by atoms with Crippen molar-refractivity contribution in [3.8, 4) is 0 Å². The second kappa shape index (κ2) is 4.52. The van der Waals surface area contributed by atoms with E-state index in [4.69, 9.17) is 0 Å². The molecule has 0 fully saturated rings. The normalized spacial score (nSPS) is 12.1. The minimum absolute atomic E-state index is 0.155. The van der Waals surface area contributed by atoms with E-state index in [1.807, 2.05) is 18.2 Å². The number of nitrogens with zero attached hydrogens (tertiary/aromatic N) is 3. The molecule has 1 aromatic carbocycles. The van der Waals surface area contributed by atoms with E-state index in [1.165, 1.54) is 0 Å². The largest absolute Gasteiger partial charge is 0.342 e. The molecule has 82 valence electrons. The van der Waals surface area contributed by atoms with E-state index in [1.54, 1.807) is 19.1 Å². The average Bonchev–Trinajstić information content (AvgIpc) is 2.83. The van der Waals surface area contributed by atoms with Gasteiger partial charge in [-0.2, -0.15) is 5.21 Å². The van der Waals surface area contributed by atoms with Gasteiger partial charge in [0.15, 0.2) is 5.82 Å². The van der Waals surface area contributed by atoms with Crippen LogP contribution in [0.1, 0.15) is 29.1 Å². The molecular weight excluding hydrogens is 206 g/mol. The second-order valence-corrected chi connectivity index (χ2v) is 3.33. The Kier molecular flexibility index (Phi) is 2.90. The molecule has 0 aliphatic heterocycles. The topological polar surface area (TPSA) is 83.6 Å². The fourth-order valence-corrected chi connectivity index (χ4v) is 1.29.